The lowest BCUT2D eigenvalue weighted by molar-refractivity contribution is -0.00277. The van der Waals surface area contributed by atoms with Crippen LogP contribution in [-0.4, -0.2) is 62.0 Å². The number of likely N-dealkylation sites (N-methyl/N-ethyl adjacent to an activating group) is 1. The molecule has 96 valence electrons. The fourth-order valence-corrected chi connectivity index (χ4v) is 2.08. The Bertz CT molecular complexity index is 209. The number of nitrogens with one attached hydrogen (secondary N) is 1. The molecule has 2 unspecified atom stereocenters. The molecular weight excluding hydrogens is 204 g/mol. The molecule has 4 nitrogen and oxygen atoms in total. The topological polar surface area (TPSA) is 44.7 Å². The van der Waals surface area contributed by atoms with E-state index in [9.17, 15) is 5.11 Å². The van der Waals surface area contributed by atoms with Gasteiger partial charge in [-0.25, -0.2) is 0 Å². The minimum atomic E-state index is -0.157. The maximum atomic E-state index is 9.33. The van der Waals surface area contributed by atoms with E-state index in [-0.39, 0.29) is 12.1 Å². The van der Waals surface area contributed by atoms with Crippen LogP contribution in [0.4, 0.5) is 0 Å². The summed E-state index contributed by atoms with van der Waals surface area (Å²) in [6, 6.07) is 0.533. The molecule has 2 N–H and O–H groups in total. The normalized spacial score (nSPS) is 27.4. The third-order valence-corrected chi connectivity index (χ3v) is 3.77. The largest absolute Gasteiger partial charge is 0.394 e. The van der Waals surface area contributed by atoms with E-state index >= 15 is 0 Å². The zero-order valence-corrected chi connectivity index (χ0v) is 11.0. The Balaban J connectivity index is 2.51. The van der Waals surface area contributed by atoms with Gasteiger partial charge in [0.05, 0.1) is 13.2 Å². The van der Waals surface area contributed by atoms with Crippen molar-refractivity contribution in [1.29, 1.82) is 0 Å². The zero-order valence-electron chi connectivity index (χ0n) is 11.0. The number of hydrogen-bond donors (Lipinski definition) is 2. The molecule has 0 aromatic heterocycles. The Morgan fingerprint density at radius 1 is 1.50 bits per heavy atom. The molecule has 0 saturated carbocycles. The summed E-state index contributed by atoms with van der Waals surface area (Å²) < 4.78 is 5.53. The van der Waals surface area contributed by atoms with E-state index in [1.807, 2.05) is 7.05 Å². The van der Waals surface area contributed by atoms with Gasteiger partial charge in [-0.3, -0.25) is 4.90 Å². The Hall–Kier alpha value is -0.160. The van der Waals surface area contributed by atoms with Gasteiger partial charge in [-0.15, -0.1) is 0 Å². The quantitative estimate of drug-likeness (QED) is 0.714. The molecule has 0 amide bonds. The van der Waals surface area contributed by atoms with Crippen molar-refractivity contribution in [2.24, 2.45) is 5.92 Å². The highest BCUT2D eigenvalue weighted by Crippen LogP contribution is 2.19. The molecule has 1 rings (SSSR count). The smallest absolute Gasteiger partial charge is 0.0609 e. The summed E-state index contributed by atoms with van der Waals surface area (Å²) in [4.78, 5) is 2.22. The Labute approximate surface area is 99.0 Å². The first-order valence-electron chi connectivity index (χ1n) is 6.08. The van der Waals surface area contributed by atoms with Gasteiger partial charge in [-0.1, -0.05) is 0 Å². The minimum Gasteiger partial charge on any atom is -0.394 e. The molecule has 4 heteroatoms. The van der Waals surface area contributed by atoms with E-state index in [2.05, 4.69) is 31.1 Å². The van der Waals surface area contributed by atoms with Crippen molar-refractivity contribution >= 4 is 0 Å². The van der Waals surface area contributed by atoms with Gasteiger partial charge in [-0.05, 0) is 34.4 Å². The van der Waals surface area contributed by atoms with Crippen LogP contribution in [0.3, 0.4) is 0 Å². The van der Waals surface area contributed by atoms with Gasteiger partial charge in [0.25, 0.3) is 0 Å². The number of nitrogens with zero attached hydrogens (tertiary/aromatic N) is 1. The van der Waals surface area contributed by atoms with E-state index in [0.29, 0.717) is 12.0 Å². The Kier molecular flexibility index (Phi) is 5.18. The predicted molar refractivity (Wildman–Crippen MR) is 65.6 cm³/mol. The fourth-order valence-electron chi connectivity index (χ4n) is 2.08. The molecule has 1 saturated heterocycles. The molecule has 0 aromatic carbocycles. The van der Waals surface area contributed by atoms with Crippen LogP contribution in [0.1, 0.15) is 20.3 Å². The van der Waals surface area contributed by atoms with Gasteiger partial charge >= 0.3 is 0 Å². The molecule has 0 radical (unpaired) electrons. The number of hydrogen-bond acceptors (Lipinski definition) is 4. The molecule has 16 heavy (non-hydrogen) atoms. The van der Waals surface area contributed by atoms with Crippen LogP contribution in [-0.2, 0) is 4.74 Å². The van der Waals surface area contributed by atoms with Gasteiger partial charge in [0.15, 0.2) is 0 Å². The number of aliphatic hydroxyl groups excluding tert-OH is 1. The summed E-state index contributed by atoms with van der Waals surface area (Å²) in [6.45, 7) is 6.93. The summed E-state index contributed by atoms with van der Waals surface area (Å²) in [7, 11) is 4.08. The van der Waals surface area contributed by atoms with Crippen LogP contribution in [0.2, 0.25) is 0 Å². The number of ether oxygens (including phenoxy) is 1. The van der Waals surface area contributed by atoms with Crippen LogP contribution in [0.25, 0.3) is 0 Å². The molecule has 0 aliphatic carbocycles. The highest BCUT2D eigenvalue weighted by molar-refractivity contribution is 4.85. The first-order valence-corrected chi connectivity index (χ1v) is 6.08. The lowest BCUT2D eigenvalue weighted by Gasteiger charge is -2.40. The van der Waals surface area contributed by atoms with E-state index in [0.717, 1.165) is 26.2 Å². The first-order chi connectivity index (χ1) is 7.51. The highest BCUT2D eigenvalue weighted by atomic mass is 16.5. The molecule has 1 heterocycles. The van der Waals surface area contributed by atoms with Gasteiger partial charge in [0, 0.05) is 30.7 Å². The molecule has 1 fully saturated rings. The molecule has 0 spiro atoms. The molecule has 2 atom stereocenters. The van der Waals surface area contributed by atoms with E-state index in [1.165, 1.54) is 0 Å². The Morgan fingerprint density at radius 2 is 2.19 bits per heavy atom. The average Bonchev–Trinajstić information content (AvgIpc) is 2.29. The maximum Gasteiger partial charge on any atom is 0.0609 e. The molecule has 1 aliphatic rings. The van der Waals surface area contributed by atoms with Crippen molar-refractivity contribution in [1.82, 2.24) is 10.2 Å². The summed E-state index contributed by atoms with van der Waals surface area (Å²) in [5.74, 6) is 0.509. The third kappa shape index (κ3) is 3.42. The summed E-state index contributed by atoms with van der Waals surface area (Å²) in [6.07, 6.45) is 1.08. The van der Waals surface area contributed by atoms with Crippen LogP contribution in [0, 0.1) is 5.92 Å². The summed E-state index contributed by atoms with van der Waals surface area (Å²) in [5.41, 5.74) is -0.157. The fraction of sp³-hybridized carbons (Fsp3) is 1.00. The standard InChI is InChI=1S/C12H26N2O2/c1-12(2,9-15)14(4)7-10-8-16-6-5-11(10)13-3/h10-11,13,15H,5-9H2,1-4H3. The molecule has 1 aliphatic heterocycles. The Morgan fingerprint density at radius 3 is 2.75 bits per heavy atom. The van der Waals surface area contributed by atoms with Gasteiger partial charge in [0.2, 0.25) is 0 Å². The minimum absolute atomic E-state index is 0.157. The maximum absolute atomic E-state index is 9.33. The van der Waals surface area contributed by atoms with Crippen LogP contribution in [0.15, 0.2) is 0 Å². The predicted octanol–water partition coefficient (Wildman–Crippen LogP) is 0.314. The second kappa shape index (κ2) is 5.96. The lowest BCUT2D eigenvalue weighted by atomic mass is 9.93. The highest BCUT2D eigenvalue weighted by Gasteiger charge is 2.30. The van der Waals surface area contributed by atoms with Crippen LogP contribution < -0.4 is 5.32 Å². The average molecular weight is 230 g/mol. The molecular formula is C12H26N2O2. The second-order valence-corrected chi connectivity index (χ2v) is 5.37. The van der Waals surface area contributed by atoms with Crippen molar-refractivity contribution in [2.75, 3.05) is 40.5 Å². The van der Waals surface area contributed by atoms with Gasteiger partial charge in [0.1, 0.15) is 0 Å². The zero-order chi connectivity index (χ0) is 12.2. The summed E-state index contributed by atoms with van der Waals surface area (Å²) >= 11 is 0. The van der Waals surface area contributed by atoms with Crippen molar-refractivity contribution < 1.29 is 9.84 Å². The SMILES string of the molecule is CNC1CCOCC1CN(C)C(C)(C)CO. The second-order valence-electron chi connectivity index (χ2n) is 5.37. The van der Waals surface area contributed by atoms with Crippen molar-refractivity contribution in [3.63, 3.8) is 0 Å². The van der Waals surface area contributed by atoms with Crippen LogP contribution in [0.5, 0.6) is 0 Å². The molecule has 0 bridgehead atoms. The van der Waals surface area contributed by atoms with Gasteiger partial charge in [-0.2, -0.15) is 0 Å². The van der Waals surface area contributed by atoms with E-state index in [4.69, 9.17) is 4.74 Å². The van der Waals surface area contributed by atoms with Crippen molar-refractivity contribution in [3.8, 4) is 0 Å². The summed E-state index contributed by atoms with van der Waals surface area (Å²) in [5, 5.41) is 12.7. The first kappa shape index (κ1) is 13.9. The van der Waals surface area contributed by atoms with Crippen molar-refractivity contribution in [3.05, 3.63) is 0 Å². The lowest BCUT2D eigenvalue weighted by Crippen LogP contribution is -2.52. The van der Waals surface area contributed by atoms with Crippen molar-refractivity contribution in [2.45, 2.75) is 31.8 Å². The third-order valence-electron chi connectivity index (χ3n) is 3.77. The van der Waals surface area contributed by atoms with Gasteiger partial charge < -0.3 is 15.2 Å². The van der Waals surface area contributed by atoms with E-state index < -0.39 is 0 Å². The number of aliphatic hydroxyl groups is 1. The number of rotatable bonds is 5. The van der Waals surface area contributed by atoms with Crippen LogP contribution >= 0.6 is 0 Å². The molecule has 0 aromatic rings. The van der Waals surface area contributed by atoms with E-state index in [1.54, 1.807) is 0 Å². The monoisotopic (exact) mass is 230 g/mol.